The van der Waals surface area contributed by atoms with Gasteiger partial charge in [0.05, 0.1) is 27.1 Å². The maximum absolute atomic E-state index is 15.0. The minimum Gasteiger partial charge on any atom is -0.462 e. The predicted octanol–water partition coefficient (Wildman–Crippen LogP) is 3.13. The zero-order valence-electron chi connectivity index (χ0n) is 49.4. The van der Waals surface area contributed by atoms with Crippen molar-refractivity contribution in [3.05, 3.63) is 60.8 Å². The van der Waals surface area contributed by atoms with Gasteiger partial charge in [0.1, 0.15) is 96.6 Å². The molecule has 464 valence electrons. The molecular formula is C57H86O25. The highest BCUT2D eigenvalue weighted by atomic mass is 16.6. The summed E-state index contributed by atoms with van der Waals surface area (Å²) < 4.78 is 52.7. The lowest BCUT2D eigenvalue weighted by Crippen LogP contribution is -2.49. The highest BCUT2D eigenvalue weighted by molar-refractivity contribution is 5.89. The molecule has 0 aliphatic rings. The summed E-state index contributed by atoms with van der Waals surface area (Å²) in [5.41, 5.74) is -10.0. The van der Waals surface area contributed by atoms with Gasteiger partial charge in [-0.2, -0.15) is 0 Å². The van der Waals surface area contributed by atoms with E-state index in [0.717, 1.165) is 0 Å². The molecule has 0 aliphatic heterocycles. The van der Waals surface area contributed by atoms with Crippen molar-refractivity contribution in [3.8, 4) is 0 Å². The van der Waals surface area contributed by atoms with Crippen LogP contribution in [0.3, 0.4) is 0 Å². The van der Waals surface area contributed by atoms with Crippen molar-refractivity contribution >= 4 is 59.7 Å². The Morgan fingerprint density at radius 1 is 0.305 bits per heavy atom. The Labute approximate surface area is 478 Å². The molecule has 82 heavy (non-hydrogen) atoms. The molecule has 0 rings (SSSR count). The lowest BCUT2D eigenvalue weighted by atomic mass is 9.59. The fourth-order valence-electron chi connectivity index (χ4n) is 8.06. The van der Waals surface area contributed by atoms with E-state index in [0.29, 0.717) is 0 Å². The summed E-state index contributed by atoms with van der Waals surface area (Å²) in [6.07, 6.45) is -10.9. The van der Waals surface area contributed by atoms with E-state index < -0.39 is 209 Å². The molecule has 0 saturated heterocycles. The molecule has 0 heterocycles. The van der Waals surface area contributed by atoms with Crippen molar-refractivity contribution < 1.29 is 121 Å². The van der Waals surface area contributed by atoms with Crippen LogP contribution >= 0.6 is 0 Å². The van der Waals surface area contributed by atoms with Gasteiger partial charge in [0, 0.05) is 27.9 Å². The third kappa shape index (κ3) is 26.4. The molecule has 9 atom stereocenters. The van der Waals surface area contributed by atoms with E-state index in [4.69, 9.17) is 47.4 Å². The molecular weight excluding hydrogens is 1080 g/mol. The fourth-order valence-corrected chi connectivity index (χ4v) is 8.06. The van der Waals surface area contributed by atoms with E-state index in [9.17, 15) is 68.7 Å². The van der Waals surface area contributed by atoms with Crippen LogP contribution in [0.15, 0.2) is 60.8 Å². The molecule has 0 fully saturated rings. The molecule has 25 nitrogen and oxygen atoms in total. The molecule has 25 heteroatoms. The molecule has 9 unspecified atom stereocenters. The maximum atomic E-state index is 15.0. The van der Waals surface area contributed by atoms with Crippen molar-refractivity contribution in [2.45, 2.75) is 146 Å². The SMILES string of the molecule is C=C(C)C(=O)OCC(O)COC(=O)C(C)(C)CC(C)(CC(C)(CC(C)(CC(C)(CC)C(=O)OCC(O)COC(=O)C(=C)C)C(=O)OCC(O)COC(=O)C(=C)C)C(=O)OCC(O)COC(=O)C(=C)C)C(=O)OCC(O)COC(=O)C(=C)C. The van der Waals surface area contributed by atoms with E-state index in [1.165, 1.54) is 76.2 Å². The molecule has 0 bridgehead atoms. The van der Waals surface area contributed by atoms with Gasteiger partial charge in [-0.3, -0.25) is 24.0 Å². The average Bonchev–Trinajstić information content (AvgIpc) is 3.49. The first kappa shape index (κ1) is 75.2. The first-order valence-corrected chi connectivity index (χ1v) is 26.0. The Morgan fingerprint density at radius 3 is 0.683 bits per heavy atom. The Hall–Kier alpha value is -6.80. The van der Waals surface area contributed by atoms with Crippen LogP contribution in [0.4, 0.5) is 0 Å². The summed E-state index contributed by atoms with van der Waals surface area (Å²) in [7, 11) is 0. The second kappa shape index (κ2) is 34.0. The molecule has 0 spiro atoms. The average molecular weight is 1170 g/mol. The first-order valence-electron chi connectivity index (χ1n) is 26.0. The summed E-state index contributed by atoms with van der Waals surface area (Å²) in [6, 6.07) is 0. The van der Waals surface area contributed by atoms with Crippen LogP contribution in [-0.4, -0.2) is 182 Å². The van der Waals surface area contributed by atoms with Crippen LogP contribution in [-0.2, 0) is 95.3 Å². The van der Waals surface area contributed by atoms with Gasteiger partial charge in [-0.05, 0) is 108 Å². The summed E-state index contributed by atoms with van der Waals surface area (Å²) in [5.74, 6) is -10.0. The van der Waals surface area contributed by atoms with Gasteiger partial charge in [-0.1, -0.05) is 39.8 Å². The van der Waals surface area contributed by atoms with Gasteiger partial charge in [0.15, 0.2) is 0 Å². The largest absolute Gasteiger partial charge is 0.462 e. The van der Waals surface area contributed by atoms with Crippen molar-refractivity contribution in [1.82, 2.24) is 0 Å². The van der Waals surface area contributed by atoms with E-state index in [-0.39, 0.29) is 34.3 Å². The minimum atomic E-state index is -2.24. The number of hydrogen-bond acceptors (Lipinski definition) is 25. The number of ether oxygens (including phenoxy) is 10. The van der Waals surface area contributed by atoms with Crippen molar-refractivity contribution in [2.75, 3.05) is 66.1 Å². The summed E-state index contributed by atoms with van der Waals surface area (Å²) in [5, 5.41) is 53.5. The molecule has 5 N–H and O–H groups in total. The van der Waals surface area contributed by atoms with E-state index in [1.807, 2.05) is 0 Å². The summed E-state index contributed by atoms with van der Waals surface area (Å²) in [6.45, 7) is 26.2. The third-order valence-electron chi connectivity index (χ3n) is 12.3. The summed E-state index contributed by atoms with van der Waals surface area (Å²) in [4.78, 5) is 133. The van der Waals surface area contributed by atoms with Gasteiger partial charge < -0.3 is 72.9 Å². The number of esters is 10. The number of carbonyl (C=O) groups excluding carboxylic acids is 10. The number of aliphatic hydroxyl groups excluding tert-OH is 5. The molecule has 0 radical (unpaired) electrons. The van der Waals surface area contributed by atoms with Gasteiger partial charge in [0.2, 0.25) is 0 Å². The van der Waals surface area contributed by atoms with Gasteiger partial charge >= 0.3 is 59.7 Å². The van der Waals surface area contributed by atoms with Crippen LogP contribution in [0.25, 0.3) is 0 Å². The Morgan fingerprint density at radius 2 is 0.476 bits per heavy atom. The Bertz CT molecular complexity index is 2350. The zero-order chi connectivity index (χ0) is 63.7. The number of carbonyl (C=O) groups is 10. The van der Waals surface area contributed by atoms with Crippen molar-refractivity contribution in [2.24, 2.45) is 27.1 Å². The minimum absolute atomic E-state index is 0.0106. The standard InChI is InChI=1S/C57H86O25/c1-18-54(14,49(69)79-25-39(59)20-74-44(64)34(4)5)30-56(16,51(71)81-27-41(61)22-76-46(66)36(8)9)32-57(17,52(72)82-28-42(62)23-77-47(67)37(10)11)31-55(15,50(70)80-26-40(60)21-75-45(65)35(6)7)29-53(12,13)48(68)78-24-38(58)19-73-43(63)33(2)3/h38-42,58-62H,2,4,6,8,10,18-32H2,1,3,5,7,9,11-17H3. The molecule has 0 aromatic heterocycles. The van der Waals surface area contributed by atoms with Crippen LogP contribution in [0.1, 0.15) is 115 Å². The molecule has 0 aromatic rings. The second-order valence-corrected chi connectivity index (χ2v) is 22.3. The summed E-state index contributed by atoms with van der Waals surface area (Å²) >= 11 is 0. The highest BCUT2D eigenvalue weighted by Gasteiger charge is 2.56. The maximum Gasteiger partial charge on any atom is 0.333 e. The number of rotatable bonds is 39. The van der Waals surface area contributed by atoms with Crippen LogP contribution in [0.5, 0.6) is 0 Å². The topological polar surface area (TPSA) is 364 Å². The van der Waals surface area contributed by atoms with Crippen LogP contribution in [0.2, 0.25) is 0 Å². The second-order valence-electron chi connectivity index (χ2n) is 22.3. The molecule has 0 aromatic carbocycles. The van der Waals surface area contributed by atoms with Crippen molar-refractivity contribution in [3.63, 3.8) is 0 Å². The zero-order valence-corrected chi connectivity index (χ0v) is 49.4. The first-order chi connectivity index (χ1) is 37.6. The quantitative estimate of drug-likeness (QED) is 0.0335. The van der Waals surface area contributed by atoms with Gasteiger partial charge in [-0.25, -0.2) is 24.0 Å². The molecule has 0 saturated carbocycles. The predicted molar refractivity (Wildman–Crippen MR) is 289 cm³/mol. The normalized spacial score (nSPS) is 16.0. The Balaban J connectivity index is 8.08. The highest BCUT2D eigenvalue weighted by Crippen LogP contribution is 2.52. The fraction of sp³-hybridized carbons (Fsp3) is 0.649. The number of hydrogen-bond donors (Lipinski definition) is 5. The molecule has 0 amide bonds. The van der Waals surface area contributed by atoms with Crippen LogP contribution in [0, 0.1) is 27.1 Å². The monoisotopic (exact) mass is 1170 g/mol. The number of aliphatic hydroxyl groups is 5. The lowest BCUT2D eigenvalue weighted by molar-refractivity contribution is -0.178. The van der Waals surface area contributed by atoms with E-state index in [2.05, 4.69) is 32.9 Å². The molecule has 0 aliphatic carbocycles. The third-order valence-corrected chi connectivity index (χ3v) is 12.3. The van der Waals surface area contributed by atoms with E-state index in [1.54, 1.807) is 6.92 Å². The van der Waals surface area contributed by atoms with Crippen LogP contribution < -0.4 is 0 Å². The van der Waals surface area contributed by atoms with Crippen molar-refractivity contribution in [1.29, 1.82) is 0 Å². The van der Waals surface area contributed by atoms with E-state index >= 15 is 4.79 Å². The van der Waals surface area contributed by atoms with Gasteiger partial charge in [-0.15, -0.1) is 0 Å². The lowest BCUT2D eigenvalue weighted by Gasteiger charge is -2.44. The smallest absolute Gasteiger partial charge is 0.333 e. The van der Waals surface area contributed by atoms with Gasteiger partial charge in [0.25, 0.3) is 0 Å². The Kier molecular flexibility index (Phi) is 31.1.